The van der Waals surface area contributed by atoms with Gasteiger partial charge in [0.2, 0.25) is 0 Å². The van der Waals surface area contributed by atoms with E-state index >= 15 is 0 Å². The largest absolute Gasteiger partial charge is 0.455 e. The molecule has 0 aliphatic carbocycles. The van der Waals surface area contributed by atoms with E-state index in [0.717, 1.165) is 56.9 Å². The van der Waals surface area contributed by atoms with Crippen molar-refractivity contribution in [3.05, 3.63) is 11.6 Å². The van der Waals surface area contributed by atoms with Crippen molar-refractivity contribution in [1.82, 2.24) is 0 Å². The van der Waals surface area contributed by atoms with Gasteiger partial charge in [0.25, 0.3) is 0 Å². The monoisotopic (exact) mass is 607 g/mol. The molecule has 2 aliphatic heterocycles. The first-order valence-corrected chi connectivity index (χ1v) is 18.9. The Morgan fingerprint density at radius 2 is 1.00 bits per heavy atom. The first-order valence-electron chi connectivity index (χ1n) is 18.9. The average Bonchev–Trinajstić information content (AvgIpc) is 3.62. The number of carbonyl (C=O) groups excluding carboxylic acids is 1. The number of aliphatic hydroxyl groups excluding tert-OH is 2. The maximum atomic E-state index is 11.6. The Labute approximate surface area is 266 Å². The van der Waals surface area contributed by atoms with Gasteiger partial charge in [-0.2, -0.15) is 0 Å². The van der Waals surface area contributed by atoms with Crippen molar-refractivity contribution in [3.8, 4) is 0 Å². The zero-order valence-corrected chi connectivity index (χ0v) is 28.4. The lowest BCUT2D eigenvalue weighted by atomic mass is 10.00. The summed E-state index contributed by atoms with van der Waals surface area (Å²) in [6, 6.07) is 0. The van der Waals surface area contributed by atoms with Gasteiger partial charge >= 0.3 is 5.97 Å². The quantitative estimate of drug-likeness (QED) is 0.0654. The zero-order valence-electron chi connectivity index (χ0n) is 28.4. The summed E-state index contributed by atoms with van der Waals surface area (Å²) in [6.45, 7) is 4.20. The van der Waals surface area contributed by atoms with Gasteiger partial charge in [-0.25, -0.2) is 4.79 Å². The van der Waals surface area contributed by atoms with E-state index < -0.39 is 6.10 Å². The van der Waals surface area contributed by atoms with Crippen LogP contribution in [-0.2, 0) is 14.3 Å². The second-order valence-corrected chi connectivity index (χ2v) is 13.8. The molecule has 0 saturated carbocycles. The summed E-state index contributed by atoms with van der Waals surface area (Å²) in [6.07, 6.45) is 34.9. The molecule has 1 saturated heterocycles. The summed E-state index contributed by atoms with van der Waals surface area (Å²) in [5.74, 6) is -0.116. The minimum absolute atomic E-state index is 0.0447. The number of cyclic esters (lactones) is 1. The summed E-state index contributed by atoms with van der Waals surface area (Å²) in [5.41, 5.74) is 0.870. The molecule has 2 rings (SSSR count). The molecule has 0 spiro atoms. The van der Waals surface area contributed by atoms with Crippen LogP contribution in [0, 0.1) is 0 Å². The van der Waals surface area contributed by atoms with Gasteiger partial charge < -0.3 is 19.7 Å². The highest BCUT2D eigenvalue weighted by Crippen LogP contribution is 2.28. The molecule has 0 aromatic rings. The Morgan fingerprint density at radius 3 is 1.37 bits per heavy atom. The van der Waals surface area contributed by atoms with Gasteiger partial charge in [-0.3, -0.25) is 0 Å². The molecule has 5 atom stereocenters. The number of hydrogen-bond acceptors (Lipinski definition) is 5. The summed E-state index contributed by atoms with van der Waals surface area (Å²) in [7, 11) is 0. The normalized spacial score (nSPS) is 21.7. The van der Waals surface area contributed by atoms with E-state index in [-0.39, 0.29) is 30.4 Å². The van der Waals surface area contributed by atoms with Crippen LogP contribution >= 0.6 is 0 Å². The first kappa shape index (κ1) is 38.3. The van der Waals surface area contributed by atoms with Gasteiger partial charge in [0.05, 0.1) is 24.4 Å². The lowest BCUT2D eigenvalue weighted by molar-refractivity contribution is -0.139. The van der Waals surface area contributed by atoms with Crippen molar-refractivity contribution >= 4 is 5.97 Å². The van der Waals surface area contributed by atoms with Gasteiger partial charge in [-0.05, 0) is 51.5 Å². The Kier molecular flexibility index (Phi) is 22.5. The Bertz CT molecular complexity index is 706. The Hall–Kier alpha value is -0.910. The van der Waals surface area contributed by atoms with Crippen LogP contribution in [0.3, 0.4) is 0 Å². The second-order valence-electron chi connectivity index (χ2n) is 13.8. The van der Waals surface area contributed by atoms with Gasteiger partial charge in [0, 0.05) is 5.57 Å². The number of rotatable bonds is 29. The number of hydrogen-bond donors (Lipinski definition) is 2. The van der Waals surface area contributed by atoms with Gasteiger partial charge in [0.1, 0.15) is 6.10 Å². The van der Waals surface area contributed by atoms with E-state index in [1.165, 1.54) is 128 Å². The molecule has 0 amide bonds. The maximum absolute atomic E-state index is 11.6. The first-order chi connectivity index (χ1) is 21.0. The molecule has 5 unspecified atom stereocenters. The molecule has 5 nitrogen and oxygen atoms in total. The smallest absolute Gasteiger partial charge is 0.334 e. The van der Waals surface area contributed by atoms with E-state index in [2.05, 4.69) is 6.92 Å². The fourth-order valence-electron chi connectivity index (χ4n) is 6.90. The molecule has 0 aromatic carbocycles. The highest BCUT2D eigenvalue weighted by molar-refractivity contribution is 5.90. The highest BCUT2D eigenvalue weighted by Gasteiger charge is 2.34. The van der Waals surface area contributed by atoms with Crippen LogP contribution in [0.15, 0.2) is 11.6 Å². The van der Waals surface area contributed by atoms with Gasteiger partial charge in [-0.15, -0.1) is 0 Å². The fourth-order valence-corrected chi connectivity index (χ4v) is 6.90. The van der Waals surface area contributed by atoms with Crippen LogP contribution in [0.2, 0.25) is 0 Å². The molecule has 2 aliphatic rings. The predicted molar refractivity (Wildman–Crippen MR) is 179 cm³/mol. The topological polar surface area (TPSA) is 76.0 Å². The molecule has 252 valence electrons. The van der Waals surface area contributed by atoms with Crippen molar-refractivity contribution in [2.45, 2.75) is 224 Å². The maximum Gasteiger partial charge on any atom is 0.334 e. The highest BCUT2D eigenvalue weighted by atomic mass is 16.5. The van der Waals surface area contributed by atoms with Crippen molar-refractivity contribution in [3.63, 3.8) is 0 Å². The average molecular weight is 607 g/mol. The van der Waals surface area contributed by atoms with Crippen molar-refractivity contribution in [2.24, 2.45) is 0 Å². The second kappa shape index (κ2) is 25.3. The lowest BCUT2D eigenvalue weighted by Crippen LogP contribution is -2.31. The third-order valence-corrected chi connectivity index (χ3v) is 9.73. The SMILES string of the molecule is CCCCCCCCCCCCCCCC(O)C1CCC(C(O)CCCCCCCCCCCCC2=CC(C)OC2=O)O1. The number of ether oxygens (including phenoxy) is 2. The lowest BCUT2D eigenvalue weighted by Gasteiger charge is -2.22. The van der Waals surface area contributed by atoms with Crippen molar-refractivity contribution < 1.29 is 24.5 Å². The number of unbranched alkanes of at least 4 members (excludes halogenated alkanes) is 21. The molecular formula is C38H70O5. The third kappa shape index (κ3) is 18.6. The molecular weight excluding hydrogens is 536 g/mol. The molecule has 43 heavy (non-hydrogen) atoms. The van der Waals surface area contributed by atoms with Crippen LogP contribution in [0.5, 0.6) is 0 Å². The molecule has 2 N–H and O–H groups in total. The van der Waals surface area contributed by atoms with E-state index in [1.54, 1.807) is 0 Å². The van der Waals surface area contributed by atoms with Crippen molar-refractivity contribution in [2.75, 3.05) is 0 Å². The summed E-state index contributed by atoms with van der Waals surface area (Å²) in [4.78, 5) is 11.6. The van der Waals surface area contributed by atoms with E-state index in [0.29, 0.717) is 0 Å². The predicted octanol–water partition coefficient (Wildman–Crippen LogP) is 10.3. The minimum atomic E-state index is -0.390. The van der Waals surface area contributed by atoms with Gasteiger partial charge in [0.15, 0.2) is 0 Å². The molecule has 5 heteroatoms. The van der Waals surface area contributed by atoms with Crippen LogP contribution in [-0.4, -0.2) is 46.7 Å². The molecule has 2 heterocycles. The van der Waals surface area contributed by atoms with E-state index in [4.69, 9.17) is 9.47 Å². The standard InChI is InChI=1S/C38H70O5/c1-3-4-5-6-7-8-9-10-11-15-18-21-24-27-34(39)36-29-30-37(43-36)35(40)28-25-22-19-16-13-12-14-17-20-23-26-33-31-32(2)42-38(33)41/h31-32,34-37,39-40H,3-30H2,1-2H3. The van der Waals surface area contributed by atoms with Crippen LogP contribution in [0.25, 0.3) is 0 Å². The minimum Gasteiger partial charge on any atom is -0.455 e. The van der Waals surface area contributed by atoms with Crippen molar-refractivity contribution in [1.29, 1.82) is 0 Å². The summed E-state index contributed by atoms with van der Waals surface area (Å²) in [5, 5.41) is 21.3. The number of esters is 1. The van der Waals surface area contributed by atoms with Crippen LogP contribution in [0.4, 0.5) is 0 Å². The number of aliphatic hydroxyl groups is 2. The van der Waals surface area contributed by atoms with Crippen LogP contribution < -0.4 is 0 Å². The fraction of sp³-hybridized carbons (Fsp3) is 0.921. The van der Waals surface area contributed by atoms with E-state index in [1.807, 2.05) is 13.0 Å². The third-order valence-electron chi connectivity index (χ3n) is 9.73. The molecule has 1 fully saturated rings. The summed E-state index contributed by atoms with van der Waals surface area (Å²) < 4.78 is 11.3. The Balaban J connectivity index is 1.33. The Morgan fingerprint density at radius 1 is 0.628 bits per heavy atom. The molecule has 0 radical (unpaired) electrons. The van der Waals surface area contributed by atoms with Crippen LogP contribution in [0.1, 0.15) is 194 Å². The number of carbonyl (C=O) groups is 1. The van der Waals surface area contributed by atoms with Gasteiger partial charge in [-0.1, -0.05) is 148 Å². The van der Waals surface area contributed by atoms with E-state index in [9.17, 15) is 15.0 Å². The molecule has 0 aromatic heterocycles. The molecule has 0 bridgehead atoms. The zero-order chi connectivity index (χ0) is 31.0. The summed E-state index contributed by atoms with van der Waals surface area (Å²) >= 11 is 0.